The quantitative estimate of drug-likeness (QED) is 0.324. The Balaban J connectivity index is 1.24. The van der Waals surface area contributed by atoms with Crippen molar-refractivity contribution in [3.05, 3.63) is 101 Å². The van der Waals surface area contributed by atoms with Crippen molar-refractivity contribution in [1.29, 1.82) is 0 Å². The molecule has 1 N–H and O–H groups in total. The lowest BCUT2D eigenvalue weighted by Crippen LogP contribution is -2.22. The van der Waals surface area contributed by atoms with Crippen molar-refractivity contribution in [3.8, 4) is 21.9 Å². The molecule has 0 saturated carbocycles. The van der Waals surface area contributed by atoms with Crippen LogP contribution in [0.1, 0.15) is 16.1 Å². The zero-order valence-corrected chi connectivity index (χ0v) is 17.9. The Labute approximate surface area is 188 Å². The summed E-state index contributed by atoms with van der Waals surface area (Å²) in [6.45, 7) is 0.413. The number of benzene rings is 3. The van der Waals surface area contributed by atoms with Gasteiger partial charge in [0.15, 0.2) is 5.76 Å². The van der Waals surface area contributed by atoms with Crippen LogP contribution < -0.4 is 5.32 Å². The predicted molar refractivity (Wildman–Crippen MR) is 125 cm³/mol. The molecule has 0 bridgehead atoms. The van der Waals surface area contributed by atoms with Crippen LogP contribution in [-0.2, 0) is 6.54 Å². The molecular weight excluding hydrogens is 428 g/mol. The molecule has 3 aromatic carbocycles. The molecule has 0 atom stereocenters. The van der Waals surface area contributed by atoms with Gasteiger partial charge in [-0.1, -0.05) is 48.0 Å². The maximum absolute atomic E-state index is 12.5. The first-order chi connectivity index (χ1) is 15.2. The third-order valence-electron chi connectivity index (χ3n) is 4.91. The van der Waals surface area contributed by atoms with E-state index in [1.54, 1.807) is 35.6 Å². The van der Waals surface area contributed by atoms with Crippen LogP contribution in [0, 0.1) is 0 Å². The fourth-order valence-corrected chi connectivity index (χ4v) is 4.36. The van der Waals surface area contributed by atoms with Crippen LogP contribution in [0.3, 0.4) is 0 Å². The predicted octanol–water partition coefficient (Wildman–Crippen LogP) is 6.81. The van der Waals surface area contributed by atoms with E-state index in [0.717, 1.165) is 27.2 Å². The smallest absolute Gasteiger partial charge is 0.287 e. The number of rotatable bonds is 5. The molecule has 1 amide bonds. The van der Waals surface area contributed by atoms with Gasteiger partial charge in [-0.2, -0.15) is 0 Å². The first-order valence-electron chi connectivity index (χ1n) is 9.74. The fraction of sp³-hybridized carbons (Fsp3) is 0.0400. The first kappa shape index (κ1) is 19.5. The molecule has 5 aromatic rings. The molecule has 6 heteroatoms. The number of hydrogen-bond donors (Lipinski definition) is 1. The molecule has 0 aliphatic heterocycles. The van der Waals surface area contributed by atoms with Crippen LogP contribution in [0.5, 0.6) is 0 Å². The molecular formula is C25H17ClN2O2S. The monoisotopic (exact) mass is 444 g/mol. The van der Waals surface area contributed by atoms with Crippen LogP contribution in [0.2, 0.25) is 5.02 Å². The lowest BCUT2D eigenvalue weighted by Gasteiger charge is -2.05. The zero-order chi connectivity index (χ0) is 21.2. The molecule has 4 nitrogen and oxygen atoms in total. The number of fused-ring (bicyclic) bond motifs is 1. The highest BCUT2D eigenvalue weighted by molar-refractivity contribution is 7.21. The summed E-state index contributed by atoms with van der Waals surface area (Å²) in [6, 6.07) is 26.9. The summed E-state index contributed by atoms with van der Waals surface area (Å²) in [7, 11) is 0. The second kappa shape index (κ2) is 8.38. The van der Waals surface area contributed by atoms with E-state index < -0.39 is 0 Å². The normalized spacial score (nSPS) is 11.0. The van der Waals surface area contributed by atoms with Gasteiger partial charge in [0.2, 0.25) is 0 Å². The third kappa shape index (κ3) is 4.24. The number of aromatic nitrogens is 1. The lowest BCUT2D eigenvalue weighted by atomic mass is 10.1. The lowest BCUT2D eigenvalue weighted by molar-refractivity contribution is 0.0924. The zero-order valence-electron chi connectivity index (χ0n) is 16.3. The minimum Gasteiger partial charge on any atom is -0.451 e. The second-order valence-electron chi connectivity index (χ2n) is 7.04. The summed E-state index contributed by atoms with van der Waals surface area (Å²) < 4.78 is 6.88. The van der Waals surface area contributed by atoms with Gasteiger partial charge in [-0.15, -0.1) is 11.3 Å². The van der Waals surface area contributed by atoms with E-state index >= 15 is 0 Å². The number of carbonyl (C=O) groups excluding carboxylic acids is 1. The van der Waals surface area contributed by atoms with Crippen molar-refractivity contribution in [2.24, 2.45) is 0 Å². The number of nitrogens with zero attached hydrogens (tertiary/aromatic N) is 1. The van der Waals surface area contributed by atoms with Crippen molar-refractivity contribution >= 4 is 39.1 Å². The van der Waals surface area contributed by atoms with E-state index in [0.29, 0.717) is 17.3 Å². The topological polar surface area (TPSA) is 55.1 Å². The molecule has 0 radical (unpaired) electrons. The van der Waals surface area contributed by atoms with Crippen molar-refractivity contribution in [3.63, 3.8) is 0 Å². The van der Waals surface area contributed by atoms with E-state index in [-0.39, 0.29) is 11.7 Å². The number of halogens is 1. The minimum absolute atomic E-state index is 0.254. The summed E-state index contributed by atoms with van der Waals surface area (Å²) in [5, 5.41) is 4.55. The number of thiazole rings is 1. The molecule has 0 aliphatic carbocycles. The van der Waals surface area contributed by atoms with E-state index in [4.69, 9.17) is 16.0 Å². The Bertz CT molecular complexity index is 1320. The highest BCUT2D eigenvalue weighted by atomic mass is 35.5. The maximum Gasteiger partial charge on any atom is 0.287 e. The van der Waals surface area contributed by atoms with Crippen LogP contribution in [0.15, 0.2) is 89.3 Å². The highest BCUT2D eigenvalue weighted by Gasteiger charge is 2.12. The average molecular weight is 445 g/mol. The summed E-state index contributed by atoms with van der Waals surface area (Å²) in [4.78, 5) is 17.2. The molecule has 0 spiro atoms. The number of carbonyl (C=O) groups is 1. The van der Waals surface area contributed by atoms with E-state index in [9.17, 15) is 4.79 Å². The van der Waals surface area contributed by atoms with Crippen LogP contribution >= 0.6 is 22.9 Å². The molecule has 2 heterocycles. The van der Waals surface area contributed by atoms with Gasteiger partial charge in [0.1, 0.15) is 10.8 Å². The molecule has 31 heavy (non-hydrogen) atoms. The van der Waals surface area contributed by atoms with Gasteiger partial charge >= 0.3 is 0 Å². The van der Waals surface area contributed by atoms with Crippen LogP contribution in [-0.4, -0.2) is 10.9 Å². The Hall–Kier alpha value is -3.41. The van der Waals surface area contributed by atoms with Crippen molar-refractivity contribution in [2.45, 2.75) is 6.54 Å². The van der Waals surface area contributed by atoms with Gasteiger partial charge in [-0.3, -0.25) is 4.79 Å². The maximum atomic E-state index is 12.5. The summed E-state index contributed by atoms with van der Waals surface area (Å²) >= 11 is 7.59. The number of hydrogen-bond acceptors (Lipinski definition) is 4. The molecule has 0 fully saturated rings. The second-order valence-corrected chi connectivity index (χ2v) is 8.50. The Kier molecular flexibility index (Phi) is 5.28. The van der Waals surface area contributed by atoms with Gasteiger partial charge in [0.05, 0.1) is 10.2 Å². The number of amides is 1. The Morgan fingerprint density at radius 2 is 1.65 bits per heavy atom. The molecule has 2 aromatic heterocycles. The standard InChI is InChI=1S/C25H17ClN2O2S/c26-19-11-9-17(10-12-19)21-13-14-22(30-21)24(29)27-15-16-5-7-18(8-6-16)25-28-20-3-1-2-4-23(20)31-25/h1-14H,15H2,(H,27,29). The number of para-hydroxylation sites is 1. The van der Waals surface area contributed by atoms with Gasteiger partial charge in [-0.25, -0.2) is 4.98 Å². The SMILES string of the molecule is O=C(NCc1ccc(-c2nc3ccccc3s2)cc1)c1ccc(-c2ccc(Cl)cc2)o1. The largest absolute Gasteiger partial charge is 0.451 e. The van der Waals surface area contributed by atoms with Gasteiger partial charge in [0, 0.05) is 22.7 Å². The first-order valence-corrected chi connectivity index (χ1v) is 10.9. The Morgan fingerprint density at radius 3 is 2.42 bits per heavy atom. The molecule has 152 valence electrons. The fourth-order valence-electron chi connectivity index (χ4n) is 3.26. The number of furan rings is 1. The van der Waals surface area contributed by atoms with Gasteiger partial charge in [0.25, 0.3) is 5.91 Å². The van der Waals surface area contributed by atoms with Crippen molar-refractivity contribution in [2.75, 3.05) is 0 Å². The summed E-state index contributed by atoms with van der Waals surface area (Å²) in [5.41, 5.74) is 3.95. The van der Waals surface area contributed by atoms with Gasteiger partial charge in [-0.05, 0) is 54.1 Å². The molecule has 0 saturated heterocycles. The summed E-state index contributed by atoms with van der Waals surface area (Å²) in [6.07, 6.45) is 0. The molecule has 0 unspecified atom stereocenters. The van der Waals surface area contributed by atoms with E-state index in [1.807, 2.05) is 54.6 Å². The van der Waals surface area contributed by atoms with Crippen LogP contribution in [0.4, 0.5) is 0 Å². The third-order valence-corrected chi connectivity index (χ3v) is 6.24. The molecule has 5 rings (SSSR count). The minimum atomic E-state index is -0.254. The van der Waals surface area contributed by atoms with Gasteiger partial charge < -0.3 is 9.73 Å². The van der Waals surface area contributed by atoms with Crippen molar-refractivity contribution in [1.82, 2.24) is 10.3 Å². The van der Waals surface area contributed by atoms with E-state index in [1.165, 1.54) is 4.70 Å². The highest BCUT2D eigenvalue weighted by Crippen LogP contribution is 2.30. The molecule has 0 aliphatic rings. The van der Waals surface area contributed by atoms with Crippen molar-refractivity contribution < 1.29 is 9.21 Å². The van der Waals surface area contributed by atoms with Crippen LogP contribution in [0.25, 0.3) is 32.1 Å². The number of nitrogens with one attached hydrogen (secondary N) is 1. The summed E-state index contributed by atoms with van der Waals surface area (Å²) in [5.74, 6) is 0.647. The van der Waals surface area contributed by atoms with E-state index in [2.05, 4.69) is 16.4 Å². The average Bonchev–Trinajstić information content (AvgIpc) is 3.46. The Morgan fingerprint density at radius 1 is 0.903 bits per heavy atom.